The highest BCUT2D eigenvalue weighted by Crippen LogP contribution is 2.36. The first-order valence-electron chi connectivity index (χ1n) is 5.50. The summed E-state index contributed by atoms with van der Waals surface area (Å²) in [4.78, 5) is 2.13. The Bertz CT molecular complexity index is 256. The van der Waals surface area contributed by atoms with Gasteiger partial charge in [0.1, 0.15) is 12.2 Å². The van der Waals surface area contributed by atoms with Crippen LogP contribution in [0.1, 0.15) is 19.8 Å². The molecule has 2 fully saturated rings. The van der Waals surface area contributed by atoms with E-state index >= 15 is 0 Å². The van der Waals surface area contributed by atoms with Crippen molar-refractivity contribution in [2.75, 3.05) is 7.05 Å². The Morgan fingerprint density at radius 3 is 2.60 bits per heavy atom. The molecule has 4 heteroatoms. The molecule has 5 atom stereocenters. The van der Waals surface area contributed by atoms with E-state index in [0.717, 1.165) is 0 Å². The van der Waals surface area contributed by atoms with Crippen LogP contribution in [0.25, 0.3) is 0 Å². The molecule has 2 aliphatic rings. The van der Waals surface area contributed by atoms with Crippen molar-refractivity contribution >= 4 is 0 Å². The van der Waals surface area contributed by atoms with Gasteiger partial charge in [0.15, 0.2) is 0 Å². The van der Waals surface area contributed by atoms with Gasteiger partial charge < -0.3 is 14.9 Å². The van der Waals surface area contributed by atoms with E-state index in [-0.39, 0.29) is 24.3 Å². The molecule has 2 saturated heterocycles. The fourth-order valence-corrected chi connectivity index (χ4v) is 2.77. The Morgan fingerprint density at radius 2 is 1.93 bits per heavy atom. The Kier molecular flexibility index (Phi) is 3.00. The van der Waals surface area contributed by atoms with Crippen molar-refractivity contribution in [2.24, 2.45) is 0 Å². The summed E-state index contributed by atoms with van der Waals surface area (Å²) in [5.41, 5.74) is 0. The van der Waals surface area contributed by atoms with E-state index in [1.54, 1.807) is 6.26 Å². The number of fused-ring (bicyclic) bond motifs is 2. The Morgan fingerprint density at radius 1 is 1.27 bits per heavy atom. The highest BCUT2D eigenvalue weighted by Gasteiger charge is 2.51. The van der Waals surface area contributed by atoms with Gasteiger partial charge in [0.25, 0.3) is 0 Å². The Balaban J connectivity index is 2.12. The quantitative estimate of drug-likeness (QED) is 0.639. The topological polar surface area (TPSA) is 52.9 Å². The maximum Gasteiger partial charge on any atom is 0.141 e. The standard InChI is InChI=1S/C11H19NO3/c1-3-4-15-11-9-6-7(13)5-8(10(11)14)12(9)2/h3-4,7-11,13-14H,5-6H2,1-2H3/t7?,8-,9+,10?,11?/m0/s1. The van der Waals surface area contributed by atoms with E-state index in [2.05, 4.69) is 4.90 Å². The lowest BCUT2D eigenvalue weighted by atomic mass is 10.0. The molecule has 0 amide bonds. The van der Waals surface area contributed by atoms with Gasteiger partial charge in [-0.1, -0.05) is 6.08 Å². The Labute approximate surface area is 90.1 Å². The lowest BCUT2D eigenvalue weighted by molar-refractivity contribution is 0.0198. The number of allylic oxidation sites excluding steroid dienone is 1. The molecule has 0 spiro atoms. The number of piperidine rings is 1. The van der Waals surface area contributed by atoms with Gasteiger partial charge in [-0.2, -0.15) is 0 Å². The van der Waals surface area contributed by atoms with Gasteiger partial charge in [0.05, 0.1) is 18.4 Å². The predicted octanol–water partition coefficient (Wildman–Crippen LogP) is 0.103. The molecule has 86 valence electrons. The van der Waals surface area contributed by atoms with E-state index < -0.39 is 6.10 Å². The lowest BCUT2D eigenvalue weighted by Gasteiger charge is -2.34. The molecule has 2 N–H and O–H groups in total. The predicted molar refractivity (Wildman–Crippen MR) is 56.3 cm³/mol. The first kappa shape index (κ1) is 10.9. The number of nitrogens with zero attached hydrogens (tertiary/aromatic N) is 1. The maximum absolute atomic E-state index is 10.1. The van der Waals surface area contributed by atoms with Crippen LogP contribution < -0.4 is 0 Å². The van der Waals surface area contributed by atoms with Gasteiger partial charge in [-0.3, -0.25) is 4.90 Å². The van der Waals surface area contributed by atoms with Crippen LogP contribution in [0, 0.1) is 0 Å². The summed E-state index contributed by atoms with van der Waals surface area (Å²) in [6.07, 6.45) is 3.77. The minimum atomic E-state index is -0.492. The smallest absolute Gasteiger partial charge is 0.141 e. The summed E-state index contributed by atoms with van der Waals surface area (Å²) in [5.74, 6) is 0. The fraction of sp³-hybridized carbons (Fsp3) is 0.818. The molecule has 3 unspecified atom stereocenters. The highest BCUT2D eigenvalue weighted by atomic mass is 16.5. The number of hydrogen-bond acceptors (Lipinski definition) is 4. The van der Waals surface area contributed by atoms with Gasteiger partial charge in [-0.25, -0.2) is 0 Å². The largest absolute Gasteiger partial charge is 0.494 e. The number of hydrogen-bond donors (Lipinski definition) is 2. The number of aliphatic hydroxyl groups excluding tert-OH is 2. The second-order valence-electron chi connectivity index (χ2n) is 4.49. The van der Waals surface area contributed by atoms with Crippen molar-refractivity contribution in [1.82, 2.24) is 4.90 Å². The van der Waals surface area contributed by atoms with Crippen molar-refractivity contribution in [3.63, 3.8) is 0 Å². The molecule has 2 heterocycles. The van der Waals surface area contributed by atoms with Crippen molar-refractivity contribution < 1.29 is 14.9 Å². The lowest BCUT2D eigenvalue weighted by Crippen LogP contribution is -2.44. The molecule has 0 aliphatic carbocycles. The zero-order valence-electron chi connectivity index (χ0n) is 9.21. The fourth-order valence-electron chi connectivity index (χ4n) is 2.77. The van der Waals surface area contributed by atoms with E-state index in [0.29, 0.717) is 12.8 Å². The SMILES string of the molecule is CC=COC1C(O)[C@@H]2CC(O)C[C@H]1N2C. The molecular formula is C11H19NO3. The van der Waals surface area contributed by atoms with Crippen molar-refractivity contribution in [1.29, 1.82) is 0 Å². The first-order chi connectivity index (χ1) is 7.15. The molecular weight excluding hydrogens is 194 g/mol. The third kappa shape index (κ3) is 1.77. The summed E-state index contributed by atoms with van der Waals surface area (Å²) >= 11 is 0. The molecule has 15 heavy (non-hydrogen) atoms. The number of ether oxygens (including phenoxy) is 1. The summed E-state index contributed by atoms with van der Waals surface area (Å²) in [7, 11) is 1.99. The molecule has 0 aromatic rings. The van der Waals surface area contributed by atoms with Crippen LogP contribution in [-0.2, 0) is 4.74 Å². The third-order valence-corrected chi connectivity index (χ3v) is 3.56. The molecule has 2 rings (SSSR count). The van der Waals surface area contributed by atoms with Crippen LogP contribution >= 0.6 is 0 Å². The second-order valence-corrected chi connectivity index (χ2v) is 4.49. The van der Waals surface area contributed by atoms with Crippen LogP contribution in [0.3, 0.4) is 0 Å². The molecule has 2 aliphatic heterocycles. The maximum atomic E-state index is 10.1. The van der Waals surface area contributed by atoms with E-state index in [9.17, 15) is 10.2 Å². The first-order valence-corrected chi connectivity index (χ1v) is 5.50. The van der Waals surface area contributed by atoms with Crippen molar-refractivity contribution in [3.05, 3.63) is 12.3 Å². The number of rotatable bonds is 2. The van der Waals surface area contributed by atoms with Crippen molar-refractivity contribution in [3.8, 4) is 0 Å². The minimum absolute atomic E-state index is 0.0361. The second kappa shape index (κ2) is 4.12. The zero-order chi connectivity index (χ0) is 11.0. The summed E-state index contributed by atoms with van der Waals surface area (Å²) in [6.45, 7) is 1.88. The van der Waals surface area contributed by atoms with Crippen molar-refractivity contribution in [2.45, 2.75) is 50.2 Å². The normalized spacial score (nSPS) is 46.3. The Hall–Kier alpha value is -0.580. The zero-order valence-corrected chi connectivity index (χ0v) is 9.21. The van der Waals surface area contributed by atoms with Gasteiger partial charge in [-0.05, 0) is 26.8 Å². The summed E-state index contributed by atoms with van der Waals surface area (Å²) < 4.78 is 5.51. The number of aliphatic hydroxyl groups is 2. The number of likely N-dealkylation sites (N-methyl/N-ethyl adjacent to an activating group) is 1. The average molecular weight is 213 g/mol. The van der Waals surface area contributed by atoms with Gasteiger partial charge in [0.2, 0.25) is 0 Å². The monoisotopic (exact) mass is 213 g/mol. The van der Waals surface area contributed by atoms with Gasteiger partial charge >= 0.3 is 0 Å². The van der Waals surface area contributed by atoms with Gasteiger partial charge in [-0.15, -0.1) is 0 Å². The van der Waals surface area contributed by atoms with E-state index in [1.807, 2.05) is 20.0 Å². The van der Waals surface area contributed by atoms with Crippen LogP contribution in [-0.4, -0.2) is 52.6 Å². The molecule has 0 aromatic carbocycles. The average Bonchev–Trinajstić information content (AvgIpc) is 2.36. The molecule has 0 radical (unpaired) electrons. The van der Waals surface area contributed by atoms with E-state index in [4.69, 9.17) is 4.74 Å². The minimum Gasteiger partial charge on any atom is -0.494 e. The molecule has 4 nitrogen and oxygen atoms in total. The van der Waals surface area contributed by atoms with Crippen LogP contribution in [0.5, 0.6) is 0 Å². The summed E-state index contributed by atoms with van der Waals surface area (Å²) in [5, 5.41) is 19.7. The van der Waals surface area contributed by atoms with Crippen LogP contribution in [0.15, 0.2) is 12.3 Å². The van der Waals surface area contributed by atoms with Crippen LogP contribution in [0.4, 0.5) is 0 Å². The molecule has 0 aromatic heterocycles. The summed E-state index contributed by atoms with van der Waals surface area (Å²) in [6, 6.07) is 0.166. The van der Waals surface area contributed by atoms with E-state index in [1.165, 1.54) is 0 Å². The van der Waals surface area contributed by atoms with Crippen LogP contribution in [0.2, 0.25) is 0 Å². The van der Waals surface area contributed by atoms with Gasteiger partial charge in [0, 0.05) is 6.04 Å². The molecule has 2 bridgehead atoms. The molecule has 0 saturated carbocycles. The highest BCUT2D eigenvalue weighted by molar-refractivity contribution is 5.06. The third-order valence-electron chi connectivity index (χ3n) is 3.56.